The molecule has 15 heavy (non-hydrogen) atoms. The fourth-order valence-corrected chi connectivity index (χ4v) is 2.62. The maximum atomic E-state index is 12.1. The molecular formula is C12H20N2O. The molecule has 0 aromatic carbocycles. The highest BCUT2D eigenvalue weighted by Gasteiger charge is 2.38. The zero-order chi connectivity index (χ0) is 10.8. The molecule has 1 aliphatic carbocycles. The normalized spacial score (nSPS) is 25.8. The number of rotatable bonds is 3. The summed E-state index contributed by atoms with van der Waals surface area (Å²) in [5.74, 6) is 0.401. The predicted molar refractivity (Wildman–Crippen MR) is 60.6 cm³/mol. The van der Waals surface area contributed by atoms with Crippen molar-refractivity contribution in [2.45, 2.75) is 58.4 Å². The van der Waals surface area contributed by atoms with Crippen molar-refractivity contribution in [3.05, 3.63) is 0 Å². The van der Waals surface area contributed by atoms with E-state index < -0.39 is 0 Å². The first-order valence-electron chi connectivity index (χ1n) is 6.18. The van der Waals surface area contributed by atoms with Crippen molar-refractivity contribution >= 4 is 11.6 Å². The zero-order valence-electron chi connectivity index (χ0n) is 9.70. The maximum Gasteiger partial charge on any atom is 0.251 e. The highest BCUT2D eigenvalue weighted by Crippen LogP contribution is 2.30. The Kier molecular flexibility index (Phi) is 3.08. The lowest BCUT2D eigenvalue weighted by atomic mass is 9.87. The summed E-state index contributed by atoms with van der Waals surface area (Å²) in [5, 5.41) is 6.30. The number of carbonyl (C=O) groups excluding carboxylic acids is 1. The summed E-state index contributed by atoms with van der Waals surface area (Å²) < 4.78 is 0. The van der Waals surface area contributed by atoms with E-state index in [2.05, 4.69) is 18.9 Å². The number of hydrogen-bond donors (Lipinski definition) is 0. The largest absolute Gasteiger partial charge is 0.272 e. The van der Waals surface area contributed by atoms with Crippen molar-refractivity contribution in [1.29, 1.82) is 0 Å². The van der Waals surface area contributed by atoms with Gasteiger partial charge in [0.25, 0.3) is 5.91 Å². The van der Waals surface area contributed by atoms with Crippen LogP contribution < -0.4 is 0 Å². The van der Waals surface area contributed by atoms with Crippen molar-refractivity contribution in [3.63, 3.8) is 0 Å². The third-order valence-electron chi connectivity index (χ3n) is 3.63. The quantitative estimate of drug-likeness (QED) is 0.701. The molecule has 2 aliphatic rings. The number of amides is 1. The molecule has 1 atom stereocenters. The van der Waals surface area contributed by atoms with Crippen LogP contribution >= 0.6 is 0 Å². The third-order valence-corrected chi connectivity index (χ3v) is 3.63. The molecular weight excluding hydrogens is 188 g/mol. The molecule has 0 aromatic heterocycles. The van der Waals surface area contributed by atoms with E-state index in [-0.39, 0.29) is 11.8 Å². The molecule has 0 saturated heterocycles. The first kappa shape index (κ1) is 10.7. The van der Waals surface area contributed by atoms with E-state index in [0.29, 0.717) is 6.04 Å². The van der Waals surface area contributed by atoms with Crippen LogP contribution in [0.3, 0.4) is 0 Å². The molecule has 0 spiro atoms. The van der Waals surface area contributed by atoms with Crippen LogP contribution in [-0.2, 0) is 4.79 Å². The Morgan fingerprint density at radius 2 is 2.13 bits per heavy atom. The van der Waals surface area contributed by atoms with Gasteiger partial charge in [0.05, 0.1) is 17.7 Å². The topological polar surface area (TPSA) is 32.7 Å². The standard InChI is InChI=1S/C12H20N2O/c1-3-9(4-2)14-12(15)10-7-5-6-8-11(10)13-14/h9-10H,3-8H2,1-2H3. The van der Waals surface area contributed by atoms with E-state index in [9.17, 15) is 4.79 Å². The van der Waals surface area contributed by atoms with Gasteiger partial charge in [-0.15, -0.1) is 0 Å². The lowest BCUT2D eigenvalue weighted by molar-refractivity contribution is -0.134. The highest BCUT2D eigenvalue weighted by molar-refractivity contribution is 6.08. The van der Waals surface area contributed by atoms with Crippen molar-refractivity contribution in [1.82, 2.24) is 5.01 Å². The lowest BCUT2D eigenvalue weighted by Gasteiger charge is -2.23. The molecule has 2 rings (SSSR count). The monoisotopic (exact) mass is 208 g/mol. The molecule has 1 heterocycles. The van der Waals surface area contributed by atoms with Gasteiger partial charge in [0.15, 0.2) is 0 Å². The smallest absolute Gasteiger partial charge is 0.251 e. The first-order valence-corrected chi connectivity index (χ1v) is 6.18. The summed E-state index contributed by atoms with van der Waals surface area (Å²) in [6, 6.07) is 0.315. The second-order valence-corrected chi connectivity index (χ2v) is 4.54. The second kappa shape index (κ2) is 4.33. The summed E-state index contributed by atoms with van der Waals surface area (Å²) in [5.41, 5.74) is 1.15. The van der Waals surface area contributed by atoms with E-state index in [1.165, 1.54) is 12.8 Å². The second-order valence-electron chi connectivity index (χ2n) is 4.54. The van der Waals surface area contributed by atoms with E-state index in [0.717, 1.165) is 31.4 Å². The van der Waals surface area contributed by atoms with Gasteiger partial charge in [0.2, 0.25) is 0 Å². The Bertz CT molecular complexity index is 281. The Balaban J connectivity index is 2.15. The van der Waals surface area contributed by atoms with Gasteiger partial charge in [-0.25, -0.2) is 5.01 Å². The summed E-state index contributed by atoms with van der Waals surface area (Å²) >= 11 is 0. The summed E-state index contributed by atoms with van der Waals surface area (Å²) in [6.45, 7) is 4.26. The van der Waals surface area contributed by atoms with Gasteiger partial charge in [-0.3, -0.25) is 4.79 Å². The Morgan fingerprint density at radius 3 is 2.73 bits per heavy atom. The van der Waals surface area contributed by atoms with Gasteiger partial charge < -0.3 is 0 Å². The van der Waals surface area contributed by atoms with Gasteiger partial charge in [-0.1, -0.05) is 20.3 Å². The summed E-state index contributed by atoms with van der Waals surface area (Å²) in [4.78, 5) is 12.1. The molecule has 1 fully saturated rings. The van der Waals surface area contributed by atoms with Crippen molar-refractivity contribution in [2.75, 3.05) is 0 Å². The minimum Gasteiger partial charge on any atom is -0.272 e. The molecule has 0 radical (unpaired) electrons. The van der Waals surface area contributed by atoms with Crippen molar-refractivity contribution < 1.29 is 4.79 Å². The minimum absolute atomic E-state index is 0.138. The van der Waals surface area contributed by atoms with Crippen LogP contribution in [0.15, 0.2) is 5.10 Å². The Hall–Kier alpha value is -0.860. The third kappa shape index (κ3) is 1.80. The molecule has 1 aliphatic heterocycles. The van der Waals surface area contributed by atoms with Crippen LogP contribution in [0.4, 0.5) is 0 Å². The van der Waals surface area contributed by atoms with Crippen LogP contribution in [-0.4, -0.2) is 22.7 Å². The van der Waals surface area contributed by atoms with Crippen LogP contribution in [0.5, 0.6) is 0 Å². The first-order chi connectivity index (χ1) is 7.27. The van der Waals surface area contributed by atoms with Gasteiger partial charge in [0.1, 0.15) is 0 Å². The van der Waals surface area contributed by atoms with Gasteiger partial charge in [-0.2, -0.15) is 5.10 Å². The maximum absolute atomic E-state index is 12.1. The highest BCUT2D eigenvalue weighted by atomic mass is 16.2. The SMILES string of the molecule is CCC(CC)N1N=C2CCCCC2C1=O. The van der Waals surface area contributed by atoms with Crippen LogP contribution in [0, 0.1) is 5.92 Å². The predicted octanol–water partition coefficient (Wildman–Crippen LogP) is 2.56. The number of fused-ring (bicyclic) bond motifs is 1. The number of carbonyl (C=O) groups is 1. The number of hydrogen-bond acceptors (Lipinski definition) is 2. The number of nitrogens with zero attached hydrogens (tertiary/aromatic N) is 2. The van der Waals surface area contributed by atoms with E-state index in [1.807, 2.05) is 0 Å². The van der Waals surface area contributed by atoms with E-state index in [4.69, 9.17) is 0 Å². The summed E-state index contributed by atoms with van der Waals surface area (Å²) in [6.07, 6.45) is 6.46. The van der Waals surface area contributed by atoms with Gasteiger partial charge >= 0.3 is 0 Å². The minimum atomic E-state index is 0.138. The van der Waals surface area contributed by atoms with Gasteiger partial charge in [0, 0.05) is 0 Å². The van der Waals surface area contributed by atoms with E-state index >= 15 is 0 Å². The van der Waals surface area contributed by atoms with E-state index in [1.54, 1.807) is 5.01 Å². The molecule has 3 nitrogen and oxygen atoms in total. The Morgan fingerprint density at radius 1 is 1.40 bits per heavy atom. The van der Waals surface area contributed by atoms with Crippen molar-refractivity contribution in [3.8, 4) is 0 Å². The Labute approximate surface area is 91.5 Å². The molecule has 1 unspecified atom stereocenters. The average Bonchev–Trinajstić information content (AvgIpc) is 2.60. The van der Waals surface area contributed by atoms with Gasteiger partial charge in [-0.05, 0) is 32.1 Å². The molecule has 1 amide bonds. The fraction of sp³-hybridized carbons (Fsp3) is 0.833. The molecule has 0 N–H and O–H groups in total. The fourth-order valence-electron chi connectivity index (χ4n) is 2.62. The van der Waals surface area contributed by atoms with Crippen LogP contribution in [0.1, 0.15) is 52.4 Å². The average molecular weight is 208 g/mol. The summed E-state index contributed by atoms with van der Waals surface area (Å²) in [7, 11) is 0. The van der Waals surface area contributed by atoms with Crippen LogP contribution in [0.2, 0.25) is 0 Å². The number of hydrazone groups is 1. The molecule has 0 aromatic rings. The van der Waals surface area contributed by atoms with Crippen LogP contribution in [0.25, 0.3) is 0 Å². The lowest BCUT2D eigenvalue weighted by Crippen LogP contribution is -2.35. The molecule has 1 saturated carbocycles. The van der Waals surface area contributed by atoms with Crippen molar-refractivity contribution in [2.24, 2.45) is 11.0 Å². The molecule has 0 bridgehead atoms. The molecule has 84 valence electrons. The zero-order valence-corrected chi connectivity index (χ0v) is 9.70. The molecule has 3 heteroatoms.